The number of rotatable bonds is 8. The molecule has 4 nitrogen and oxygen atoms in total. The van der Waals surface area contributed by atoms with Gasteiger partial charge in [0.15, 0.2) is 0 Å². The van der Waals surface area contributed by atoms with Crippen LogP contribution in [0.15, 0.2) is 16.9 Å². The summed E-state index contributed by atoms with van der Waals surface area (Å²) in [6.45, 7) is 8.17. The fraction of sp³-hybridized carbons (Fsp3) is 0.727. The van der Waals surface area contributed by atoms with E-state index in [9.17, 15) is 0 Å². The summed E-state index contributed by atoms with van der Waals surface area (Å²) in [7, 11) is 0. The molecule has 4 heteroatoms. The van der Waals surface area contributed by atoms with Gasteiger partial charge in [-0.15, -0.1) is 0 Å². The van der Waals surface area contributed by atoms with Crippen molar-refractivity contribution in [2.24, 2.45) is 4.99 Å². The number of nitrogens with one attached hydrogen (secondary N) is 1. The van der Waals surface area contributed by atoms with Gasteiger partial charge in [0.1, 0.15) is 6.73 Å². The Bertz CT molecular complexity index is 202. The third-order valence-corrected chi connectivity index (χ3v) is 2.03. The molecule has 0 heterocycles. The quantitative estimate of drug-likeness (QED) is 0.365. The lowest BCUT2D eigenvalue weighted by molar-refractivity contribution is 0.279. The Hall–Kier alpha value is -1.03. The van der Waals surface area contributed by atoms with Crippen molar-refractivity contribution in [3.63, 3.8) is 0 Å². The van der Waals surface area contributed by atoms with E-state index in [2.05, 4.69) is 29.1 Å². The van der Waals surface area contributed by atoms with Crippen molar-refractivity contribution in [1.29, 1.82) is 0 Å². The van der Waals surface area contributed by atoms with Crippen molar-refractivity contribution in [1.82, 2.24) is 10.2 Å². The third kappa shape index (κ3) is 8.00. The third-order valence-electron chi connectivity index (χ3n) is 2.03. The van der Waals surface area contributed by atoms with Crippen LogP contribution in [0.4, 0.5) is 0 Å². The van der Waals surface area contributed by atoms with Gasteiger partial charge in [-0.25, -0.2) is 4.99 Å². The Labute approximate surface area is 92.7 Å². The highest BCUT2D eigenvalue weighted by molar-refractivity contribution is 5.56. The summed E-state index contributed by atoms with van der Waals surface area (Å²) in [5.74, 6) is 0. The van der Waals surface area contributed by atoms with Crippen LogP contribution >= 0.6 is 0 Å². The topological polar surface area (TPSA) is 47.9 Å². The van der Waals surface area contributed by atoms with E-state index in [0.717, 1.165) is 18.8 Å². The molecular weight excluding hydrogens is 190 g/mol. The summed E-state index contributed by atoms with van der Waals surface area (Å²) in [4.78, 5) is 6.45. The molecule has 0 aliphatic rings. The van der Waals surface area contributed by atoms with Crippen LogP contribution in [0.25, 0.3) is 0 Å². The van der Waals surface area contributed by atoms with E-state index in [4.69, 9.17) is 5.11 Å². The lowest BCUT2D eigenvalue weighted by Gasteiger charge is -2.16. The predicted molar refractivity (Wildman–Crippen MR) is 64.6 cm³/mol. The summed E-state index contributed by atoms with van der Waals surface area (Å²) in [5, 5.41) is 11.2. The second-order valence-corrected chi connectivity index (χ2v) is 3.37. The normalized spacial score (nSPS) is 12.1. The molecular formula is C11H23N3O. The maximum absolute atomic E-state index is 8.54. The maximum atomic E-state index is 8.54. The zero-order valence-electron chi connectivity index (χ0n) is 10.0. The van der Waals surface area contributed by atoms with Crippen LogP contribution in [0.3, 0.4) is 0 Å². The molecule has 2 N–H and O–H groups in total. The summed E-state index contributed by atoms with van der Waals surface area (Å²) in [6, 6.07) is 0. The van der Waals surface area contributed by atoms with Gasteiger partial charge in [-0.1, -0.05) is 13.3 Å². The highest BCUT2D eigenvalue weighted by atomic mass is 16.3. The van der Waals surface area contributed by atoms with Gasteiger partial charge in [0, 0.05) is 19.3 Å². The van der Waals surface area contributed by atoms with Gasteiger partial charge in [0.25, 0.3) is 0 Å². The number of aliphatic hydroxyl groups is 1. The Morgan fingerprint density at radius 2 is 2.20 bits per heavy atom. The van der Waals surface area contributed by atoms with Crippen molar-refractivity contribution < 1.29 is 5.11 Å². The molecule has 0 aromatic heterocycles. The largest absolute Gasteiger partial charge is 0.377 e. The highest BCUT2D eigenvalue weighted by Crippen LogP contribution is 1.95. The minimum Gasteiger partial charge on any atom is -0.377 e. The molecule has 0 amide bonds. The van der Waals surface area contributed by atoms with E-state index < -0.39 is 0 Å². The van der Waals surface area contributed by atoms with E-state index in [1.165, 1.54) is 12.8 Å². The van der Waals surface area contributed by atoms with Crippen molar-refractivity contribution in [3.05, 3.63) is 11.9 Å². The minimum atomic E-state index is -0.0554. The SMILES string of the molecule is CCCCN(/C=N/C(C)=C/NCO)CC. The van der Waals surface area contributed by atoms with Crippen LogP contribution in [-0.2, 0) is 0 Å². The summed E-state index contributed by atoms with van der Waals surface area (Å²) < 4.78 is 0. The number of hydrogen-bond donors (Lipinski definition) is 2. The van der Waals surface area contributed by atoms with Gasteiger partial charge in [-0.2, -0.15) is 0 Å². The standard InChI is InChI=1S/C11H23N3O/c1-4-6-7-14(5-2)9-13-11(3)8-12-10-15/h8-9,12,15H,4-7,10H2,1-3H3/b11-8+,13-9+. The average Bonchev–Trinajstić information content (AvgIpc) is 2.26. The fourth-order valence-corrected chi connectivity index (χ4v) is 1.06. The van der Waals surface area contributed by atoms with Crippen molar-refractivity contribution >= 4 is 6.34 Å². The second kappa shape index (κ2) is 9.52. The number of allylic oxidation sites excluding steroid dienone is 1. The summed E-state index contributed by atoms with van der Waals surface area (Å²) >= 11 is 0. The fourth-order valence-electron chi connectivity index (χ4n) is 1.06. The first-order valence-corrected chi connectivity index (χ1v) is 5.53. The molecule has 0 saturated carbocycles. The van der Waals surface area contributed by atoms with Crippen LogP contribution in [-0.4, -0.2) is 36.2 Å². The van der Waals surface area contributed by atoms with Crippen LogP contribution in [0.1, 0.15) is 33.6 Å². The van der Waals surface area contributed by atoms with Crippen LogP contribution in [0.5, 0.6) is 0 Å². The van der Waals surface area contributed by atoms with Gasteiger partial charge >= 0.3 is 0 Å². The molecule has 0 rings (SSSR count). The first-order valence-electron chi connectivity index (χ1n) is 5.53. The second-order valence-electron chi connectivity index (χ2n) is 3.37. The van der Waals surface area contributed by atoms with E-state index in [1.54, 1.807) is 6.20 Å². The molecule has 0 radical (unpaired) electrons. The first-order chi connectivity index (χ1) is 7.24. The Balaban J connectivity index is 3.97. The summed E-state index contributed by atoms with van der Waals surface area (Å²) in [6.07, 6.45) is 5.95. The molecule has 0 spiro atoms. The molecule has 0 atom stereocenters. The molecule has 15 heavy (non-hydrogen) atoms. The molecule has 0 bridgehead atoms. The van der Waals surface area contributed by atoms with Crippen LogP contribution < -0.4 is 5.32 Å². The predicted octanol–water partition coefficient (Wildman–Crippen LogP) is 1.54. The molecule has 88 valence electrons. The van der Waals surface area contributed by atoms with E-state index >= 15 is 0 Å². The van der Waals surface area contributed by atoms with Crippen molar-refractivity contribution in [2.45, 2.75) is 33.6 Å². The highest BCUT2D eigenvalue weighted by Gasteiger charge is 1.94. The van der Waals surface area contributed by atoms with E-state index in [0.29, 0.717) is 0 Å². The molecule has 0 aliphatic heterocycles. The number of hydrogen-bond acceptors (Lipinski definition) is 3. The van der Waals surface area contributed by atoms with Crippen LogP contribution in [0, 0.1) is 0 Å². The molecule has 0 unspecified atom stereocenters. The van der Waals surface area contributed by atoms with Gasteiger partial charge in [0.2, 0.25) is 0 Å². The number of nitrogens with zero attached hydrogens (tertiary/aromatic N) is 2. The van der Waals surface area contributed by atoms with E-state index in [1.807, 2.05) is 13.3 Å². The zero-order valence-corrected chi connectivity index (χ0v) is 10.0. The van der Waals surface area contributed by atoms with Gasteiger partial charge in [-0.05, 0) is 20.3 Å². The monoisotopic (exact) mass is 213 g/mol. The number of aliphatic imine (C=N–C) groups is 1. The Morgan fingerprint density at radius 3 is 2.73 bits per heavy atom. The Kier molecular flexibility index (Phi) is 8.87. The van der Waals surface area contributed by atoms with Gasteiger partial charge in [-0.3, -0.25) is 0 Å². The van der Waals surface area contributed by atoms with Crippen molar-refractivity contribution in [2.75, 3.05) is 19.8 Å². The van der Waals surface area contributed by atoms with Crippen LogP contribution in [0.2, 0.25) is 0 Å². The van der Waals surface area contributed by atoms with Gasteiger partial charge in [0.05, 0.1) is 12.0 Å². The van der Waals surface area contributed by atoms with Crippen molar-refractivity contribution in [3.8, 4) is 0 Å². The maximum Gasteiger partial charge on any atom is 0.112 e. The van der Waals surface area contributed by atoms with Gasteiger partial charge < -0.3 is 15.3 Å². The number of aliphatic hydroxyl groups excluding tert-OH is 1. The first kappa shape index (κ1) is 14.0. The average molecular weight is 213 g/mol. The van der Waals surface area contributed by atoms with E-state index in [-0.39, 0.29) is 6.73 Å². The lowest BCUT2D eigenvalue weighted by Crippen LogP contribution is -2.22. The molecule has 0 fully saturated rings. The smallest absolute Gasteiger partial charge is 0.112 e. The summed E-state index contributed by atoms with van der Waals surface area (Å²) in [5.41, 5.74) is 0.860. The zero-order chi connectivity index (χ0) is 11.5. The lowest BCUT2D eigenvalue weighted by atomic mass is 10.3. The minimum absolute atomic E-state index is 0.0554. The molecule has 0 aliphatic carbocycles. The Morgan fingerprint density at radius 1 is 1.47 bits per heavy atom. The molecule has 0 aromatic rings. The molecule has 0 aromatic carbocycles. The number of unbranched alkanes of at least 4 members (excludes halogenated alkanes) is 1. The molecule has 0 saturated heterocycles.